The van der Waals surface area contributed by atoms with E-state index >= 15 is 0 Å². The normalized spacial score (nSPS) is 10.7. The van der Waals surface area contributed by atoms with Gasteiger partial charge >= 0.3 is 0 Å². The number of nitrogens with zero attached hydrogens (tertiary/aromatic N) is 3. The predicted octanol–water partition coefficient (Wildman–Crippen LogP) is 2.70. The highest BCUT2D eigenvalue weighted by atomic mass is 15.2. The summed E-state index contributed by atoms with van der Waals surface area (Å²) in [7, 11) is 2.07. The summed E-state index contributed by atoms with van der Waals surface area (Å²) >= 11 is 0. The molecule has 0 aromatic carbocycles. The number of anilines is 2. The topological polar surface area (TPSA) is 41.1 Å². The van der Waals surface area contributed by atoms with Crippen molar-refractivity contribution in [3.05, 3.63) is 11.8 Å². The summed E-state index contributed by atoms with van der Waals surface area (Å²) in [5.41, 5.74) is 1.00. The average Bonchev–Trinajstić information content (AvgIpc) is 2.24. The molecule has 1 aromatic rings. The van der Waals surface area contributed by atoms with Crippen LogP contribution < -0.4 is 10.2 Å². The Morgan fingerprint density at radius 3 is 2.65 bits per heavy atom. The smallest absolute Gasteiger partial charge is 0.224 e. The van der Waals surface area contributed by atoms with E-state index in [2.05, 4.69) is 48.0 Å². The van der Waals surface area contributed by atoms with E-state index in [9.17, 15) is 0 Å². The van der Waals surface area contributed by atoms with Crippen molar-refractivity contribution in [2.45, 2.75) is 34.1 Å². The summed E-state index contributed by atoms with van der Waals surface area (Å²) in [6.07, 6.45) is 1.08. The fourth-order valence-corrected chi connectivity index (χ4v) is 1.70. The third kappa shape index (κ3) is 4.59. The van der Waals surface area contributed by atoms with E-state index in [0.29, 0.717) is 5.92 Å². The minimum Gasteiger partial charge on any atom is -0.359 e. The van der Waals surface area contributed by atoms with Crippen molar-refractivity contribution < 1.29 is 0 Å². The van der Waals surface area contributed by atoms with Gasteiger partial charge in [-0.05, 0) is 19.3 Å². The molecule has 4 nitrogen and oxygen atoms in total. The number of aryl methyl sites for hydroxylation is 1. The number of aromatic nitrogens is 2. The van der Waals surface area contributed by atoms with Crippen LogP contribution in [0.2, 0.25) is 0 Å². The van der Waals surface area contributed by atoms with Gasteiger partial charge in [-0.2, -0.15) is 4.98 Å². The zero-order valence-corrected chi connectivity index (χ0v) is 11.6. The van der Waals surface area contributed by atoms with Gasteiger partial charge in [0, 0.05) is 31.9 Å². The molecule has 0 unspecified atom stereocenters. The first kappa shape index (κ1) is 13.7. The minimum atomic E-state index is 0.627. The quantitative estimate of drug-likeness (QED) is 0.824. The fraction of sp³-hybridized carbons (Fsp3) is 0.692. The van der Waals surface area contributed by atoms with Crippen molar-refractivity contribution in [2.75, 3.05) is 30.4 Å². The van der Waals surface area contributed by atoms with Crippen LogP contribution in [0.5, 0.6) is 0 Å². The highest BCUT2D eigenvalue weighted by Crippen LogP contribution is 2.14. The van der Waals surface area contributed by atoms with E-state index in [1.165, 1.54) is 0 Å². The zero-order chi connectivity index (χ0) is 12.8. The van der Waals surface area contributed by atoms with Crippen molar-refractivity contribution in [1.29, 1.82) is 0 Å². The van der Waals surface area contributed by atoms with Gasteiger partial charge in [-0.3, -0.25) is 0 Å². The maximum atomic E-state index is 4.53. The molecule has 1 heterocycles. The lowest BCUT2D eigenvalue weighted by Crippen LogP contribution is -2.24. The van der Waals surface area contributed by atoms with E-state index in [-0.39, 0.29) is 0 Å². The van der Waals surface area contributed by atoms with Crippen molar-refractivity contribution in [3.63, 3.8) is 0 Å². The molecule has 0 radical (unpaired) electrons. The SMILES string of the molecule is CCCNc1nc(C)cc(N(C)CC(C)C)n1. The molecule has 0 bridgehead atoms. The van der Waals surface area contributed by atoms with Crippen LogP contribution in [0, 0.1) is 12.8 Å². The second-order valence-corrected chi connectivity index (χ2v) is 4.89. The molecule has 0 fully saturated rings. The monoisotopic (exact) mass is 236 g/mol. The first-order valence-electron chi connectivity index (χ1n) is 6.33. The molecular formula is C13H24N4. The van der Waals surface area contributed by atoms with Gasteiger partial charge in [-0.25, -0.2) is 4.98 Å². The third-order valence-electron chi connectivity index (χ3n) is 2.40. The van der Waals surface area contributed by atoms with Crippen molar-refractivity contribution in [3.8, 4) is 0 Å². The Bertz CT molecular complexity index is 349. The molecule has 4 heteroatoms. The molecule has 0 saturated carbocycles. The van der Waals surface area contributed by atoms with Crippen LogP contribution in [0.15, 0.2) is 6.07 Å². The number of hydrogen-bond acceptors (Lipinski definition) is 4. The maximum Gasteiger partial charge on any atom is 0.224 e. The largest absolute Gasteiger partial charge is 0.359 e. The van der Waals surface area contributed by atoms with Crippen molar-refractivity contribution in [1.82, 2.24) is 9.97 Å². The Hall–Kier alpha value is -1.32. The molecule has 0 spiro atoms. The van der Waals surface area contributed by atoms with Gasteiger partial charge in [0.2, 0.25) is 5.95 Å². The molecule has 0 saturated heterocycles. The van der Waals surface area contributed by atoms with Crippen LogP contribution in [0.4, 0.5) is 11.8 Å². The Morgan fingerprint density at radius 2 is 2.06 bits per heavy atom. The first-order chi connectivity index (χ1) is 8.02. The van der Waals surface area contributed by atoms with Crippen LogP contribution >= 0.6 is 0 Å². The Labute approximate surface area is 104 Å². The van der Waals surface area contributed by atoms with Crippen LogP contribution in [-0.2, 0) is 0 Å². The lowest BCUT2D eigenvalue weighted by Gasteiger charge is -2.21. The molecule has 0 atom stereocenters. The fourth-order valence-electron chi connectivity index (χ4n) is 1.70. The van der Waals surface area contributed by atoms with E-state index in [1.54, 1.807) is 0 Å². The number of hydrogen-bond donors (Lipinski definition) is 1. The highest BCUT2D eigenvalue weighted by Gasteiger charge is 2.07. The van der Waals surface area contributed by atoms with E-state index in [1.807, 2.05) is 13.0 Å². The third-order valence-corrected chi connectivity index (χ3v) is 2.40. The standard InChI is InChI=1S/C13H24N4/c1-6-7-14-13-15-11(4)8-12(16-13)17(5)9-10(2)3/h8,10H,6-7,9H2,1-5H3,(H,14,15,16). The molecule has 1 aromatic heterocycles. The summed E-state index contributed by atoms with van der Waals surface area (Å²) in [4.78, 5) is 11.1. The summed E-state index contributed by atoms with van der Waals surface area (Å²) in [6, 6.07) is 2.03. The molecule has 0 aliphatic heterocycles. The van der Waals surface area contributed by atoms with Gasteiger partial charge < -0.3 is 10.2 Å². The van der Waals surface area contributed by atoms with Gasteiger partial charge in [0.25, 0.3) is 0 Å². The Kier molecular flexibility index (Phi) is 5.19. The highest BCUT2D eigenvalue weighted by molar-refractivity contribution is 5.44. The van der Waals surface area contributed by atoms with Gasteiger partial charge in [-0.1, -0.05) is 20.8 Å². The molecule has 0 aliphatic rings. The molecule has 96 valence electrons. The Balaban J connectivity index is 2.80. The van der Waals surface area contributed by atoms with Crippen molar-refractivity contribution in [2.24, 2.45) is 5.92 Å². The van der Waals surface area contributed by atoms with Gasteiger partial charge in [0.1, 0.15) is 5.82 Å². The Morgan fingerprint density at radius 1 is 1.35 bits per heavy atom. The summed E-state index contributed by atoms with van der Waals surface area (Å²) < 4.78 is 0. The lowest BCUT2D eigenvalue weighted by atomic mass is 10.2. The minimum absolute atomic E-state index is 0.627. The van der Waals surface area contributed by atoms with E-state index < -0.39 is 0 Å². The summed E-state index contributed by atoms with van der Waals surface area (Å²) in [5, 5.41) is 3.23. The second-order valence-electron chi connectivity index (χ2n) is 4.89. The molecule has 0 aliphatic carbocycles. The maximum absolute atomic E-state index is 4.53. The van der Waals surface area contributed by atoms with Gasteiger partial charge in [0.15, 0.2) is 0 Å². The van der Waals surface area contributed by atoms with E-state index in [0.717, 1.165) is 37.0 Å². The van der Waals surface area contributed by atoms with E-state index in [4.69, 9.17) is 0 Å². The molecular weight excluding hydrogens is 212 g/mol. The lowest BCUT2D eigenvalue weighted by molar-refractivity contribution is 0.634. The molecule has 1 N–H and O–H groups in total. The molecule has 1 rings (SSSR count). The van der Waals surface area contributed by atoms with Crippen molar-refractivity contribution >= 4 is 11.8 Å². The van der Waals surface area contributed by atoms with Gasteiger partial charge in [-0.15, -0.1) is 0 Å². The van der Waals surface area contributed by atoms with Crippen LogP contribution in [0.1, 0.15) is 32.9 Å². The molecule has 17 heavy (non-hydrogen) atoms. The zero-order valence-electron chi connectivity index (χ0n) is 11.6. The molecule has 0 amide bonds. The van der Waals surface area contributed by atoms with Gasteiger partial charge in [0.05, 0.1) is 0 Å². The van der Waals surface area contributed by atoms with Crippen LogP contribution in [0.3, 0.4) is 0 Å². The average molecular weight is 236 g/mol. The number of rotatable bonds is 6. The summed E-state index contributed by atoms with van der Waals surface area (Å²) in [5.74, 6) is 2.35. The van der Waals surface area contributed by atoms with Crippen LogP contribution in [-0.4, -0.2) is 30.1 Å². The van der Waals surface area contributed by atoms with Crippen LogP contribution in [0.25, 0.3) is 0 Å². The second kappa shape index (κ2) is 6.42. The first-order valence-corrected chi connectivity index (χ1v) is 6.33. The predicted molar refractivity (Wildman–Crippen MR) is 73.7 cm³/mol. The summed E-state index contributed by atoms with van der Waals surface area (Å²) in [6.45, 7) is 10.5. The number of nitrogens with one attached hydrogen (secondary N) is 1.